The van der Waals surface area contributed by atoms with Crippen LogP contribution in [0.1, 0.15) is 12.0 Å². The minimum atomic E-state index is 0.459. The van der Waals surface area contributed by atoms with Crippen molar-refractivity contribution in [2.75, 3.05) is 25.2 Å². The molecule has 0 saturated carbocycles. The number of pyridine rings is 1. The Kier molecular flexibility index (Phi) is 3.18. The SMILES string of the molecule is CN(c1ccc(CN)cn1)C1CCOC1. The first-order valence-electron chi connectivity index (χ1n) is 5.27. The second kappa shape index (κ2) is 4.59. The molecule has 1 aromatic rings. The number of nitrogens with two attached hydrogens (primary N) is 1. The monoisotopic (exact) mass is 207 g/mol. The lowest BCUT2D eigenvalue weighted by Crippen LogP contribution is -2.32. The fraction of sp³-hybridized carbons (Fsp3) is 0.545. The molecule has 2 N–H and O–H groups in total. The fourth-order valence-corrected chi connectivity index (χ4v) is 1.76. The molecule has 4 heteroatoms. The highest BCUT2D eigenvalue weighted by molar-refractivity contribution is 5.39. The van der Waals surface area contributed by atoms with Crippen molar-refractivity contribution in [2.45, 2.75) is 19.0 Å². The predicted molar refractivity (Wildman–Crippen MR) is 59.8 cm³/mol. The highest BCUT2D eigenvalue weighted by Crippen LogP contribution is 2.17. The number of anilines is 1. The van der Waals surface area contributed by atoms with Crippen LogP contribution in [0.4, 0.5) is 5.82 Å². The van der Waals surface area contributed by atoms with Gasteiger partial charge >= 0.3 is 0 Å². The third-order valence-corrected chi connectivity index (χ3v) is 2.86. The van der Waals surface area contributed by atoms with E-state index in [-0.39, 0.29) is 0 Å². The Bertz CT molecular complexity index is 306. The molecule has 82 valence electrons. The van der Waals surface area contributed by atoms with Gasteiger partial charge in [0.15, 0.2) is 0 Å². The van der Waals surface area contributed by atoms with Gasteiger partial charge in [0, 0.05) is 26.4 Å². The first-order chi connectivity index (χ1) is 7.31. The molecule has 4 nitrogen and oxygen atoms in total. The van der Waals surface area contributed by atoms with Gasteiger partial charge in [0.25, 0.3) is 0 Å². The molecule has 1 unspecified atom stereocenters. The van der Waals surface area contributed by atoms with Crippen LogP contribution in [0.2, 0.25) is 0 Å². The van der Waals surface area contributed by atoms with Crippen LogP contribution in [0.15, 0.2) is 18.3 Å². The molecule has 2 rings (SSSR count). The van der Waals surface area contributed by atoms with Gasteiger partial charge in [0.1, 0.15) is 5.82 Å². The molecular formula is C11H17N3O. The van der Waals surface area contributed by atoms with E-state index in [2.05, 4.69) is 16.9 Å². The van der Waals surface area contributed by atoms with Crippen molar-refractivity contribution in [2.24, 2.45) is 5.73 Å². The quantitative estimate of drug-likeness (QED) is 0.795. The number of ether oxygens (including phenoxy) is 1. The fourth-order valence-electron chi connectivity index (χ4n) is 1.76. The van der Waals surface area contributed by atoms with Gasteiger partial charge in [-0.3, -0.25) is 0 Å². The van der Waals surface area contributed by atoms with Crippen LogP contribution in [0.25, 0.3) is 0 Å². The molecule has 0 bridgehead atoms. The van der Waals surface area contributed by atoms with Crippen LogP contribution in [-0.2, 0) is 11.3 Å². The molecule has 1 aliphatic heterocycles. The largest absolute Gasteiger partial charge is 0.379 e. The molecule has 1 aliphatic rings. The third-order valence-electron chi connectivity index (χ3n) is 2.86. The Morgan fingerprint density at radius 2 is 2.47 bits per heavy atom. The minimum absolute atomic E-state index is 0.459. The summed E-state index contributed by atoms with van der Waals surface area (Å²) in [6, 6.07) is 4.50. The number of likely N-dealkylation sites (N-methyl/N-ethyl adjacent to an activating group) is 1. The van der Waals surface area contributed by atoms with Gasteiger partial charge in [-0.15, -0.1) is 0 Å². The van der Waals surface area contributed by atoms with Gasteiger partial charge in [-0.2, -0.15) is 0 Å². The van der Waals surface area contributed by atoms with Crippen molar-refractivity contribution in [1.29, 1.82) is 0 Å². The Morgan fingerprint density at radius 3 is 3.00 bits per heavy atom. The standard InChI is InChI=1S/C11H17N3O/c1-14(10-4-5-15-8-10)11-3-2-9(6-12)7-13-11/h2-3,7,10H,4-6,8,12H2,1H3. The summed E-state index contributed by atoms with van der Waals surface area (Å²) in [6.07, 6.45) is 2.92. The molecule has 1 fully saturated rings. The van der Waals surface area contributed by atoms with E-state index in [0.29, 0.717) is 12.6 Å². The third kappa shape index (κ3) is 2.27. The summed E-state index contributed by atoms with van der Waals surface area (Å²) in [6.45, 7) is 2.20. The van der Waals surface area contributed by atoms with Crippen molar-refractivity contribution in [3.63, 3.8) is 0 Å². The molecule has 1 atom stereocenters. The van der Waals surface area contributed by atoms with Gasteiger partial charge in [0.2, 0.25) is 0 Å². The summed E-state index contributed by atoms with van der Waals surface area (Å²) in [5.74, 6) is 0.989. The molecule has 1 saturated heterocycles. The topological polar surface area (TPSA) is 51.4 Å². The van der Waals surface area contributed by atoms with Crippen molar-refractivity contribution < 1.29 is 4.74 Å². The zero-order valence-corrected chi connectivity index (χ0v) is 9.02. The van der Waals surface area contributed by atoms with Crippen molar-refractivity contribution >= 4 is 5.82 Å². The van der Waals surface area contributed by atoms with Crippen LogP contribution in [0, 0.1) is 0 Å². The number of hydrogen-bond acceptors (Lipinski definition) is 4. The van der Waals surface area contributed by atoms with Crippen LogP contribution in [0.3, 0.4) is 0 Å². The molecule has 0 spiro atoms. The molecule has 2 heterocycles. The Labute approximate surface area is 90.0 Å². The normalized spacial score (nSPS) is 20.5. The predicted octanol–water partition coefficient (Wildman–Crippen LogP) is 0.765. The lowest BCUT2D eigenvalue weighted by atomic mass is 10.2. The van der Waals surface area contributed by atoms with Gasteiger partial charge in [-0.05, 0) is 18.1 Å². The first-order valence-corrected chi connectivity index (χ1v) is 5.27. The van der Waals surface area contributed by atoms with Crippen molar-refractivity contribution in [3.8, 4) is 0 Å². The number of nitrogens with zero attached hydrogens (tertiary/aromatic N) is 2. The summed E-state index contributed by atoms with van der Waals surface area (Å²) >= 11 is 0. The van der Waals surface area contributed by atoms with E-state index >= 15 is 0 Å². The summed E-state index contributed by atoms with van der Waals surface area (Å²) in [5.41, 5.74) is 6.59. The highest BCUT2D eigenvalue weighted by atomic mass is 16.5. The van der Waals surface area contributed by atoms with Crippen molar-refractivity contribution in [3.05, 3.63) is 23.9 Å². The lowest BCUT2D eigenvalue weighted by molar-refractivity contribution is 0.193. The smallest absolute Gasteiger partial charge is 0.128 e. The Balaban J connectivity index is 2.07. The number of aromatic nitrogens is 1. The summed E-state index contributed by atoms with van der Waals surface area (Å²) in [4.78, 5) is 6.56. The maximum atomic E-state index is 5.52. The summed E-state index contributed by atoms with van der Waals surface area (Å²) in [5, 5.41) is 0. The molecule has 0 radical (unpaired) electrons. The Morgan fingerprint density at radius 1 is 1.60 bits per heavy atom. The van der Waals surface area contributed by atoms with E-state index in [1.807, 2.05) is 18.3 Å². The van der Waals surface area contributed by atoms with Crippen LogP contribution in [-0.4, -0.2) is 31.3 Å². The van der Waals surface area contributed by atoms with Gasteiger partial charge in [0.05, 0.1) is 12.6 Å². The van der Waals surface area contributed by atoms with Gasteiger partial charge in [-0.1, -0.05) is 6.07 Å². The molecule has 0 amide bonds. The Hall–Kier alpha value is -1.13. The van der Waals surface area contributed by atoms with Gasteiger partial charge in [-0.25, -0.2) is 4.98 Å². The van der Waals surface area contributed by atoms with Crippen LogP contribution in [0.5, 0.6) is 0 Å². The zero-order chi connectivity index (χ0) is 10.7. The van der Waals surface area contributed by atoms with E-state index in [0.717, 1.165) is 31.0 Å². The lowest BCUT2D eigenvalue weighted by Gasteiger charge is -2.24. The highest BCUT2D eigenvalue weighted by Gasteiger charge is 2.20. The van der Waals surface area contributed by atoms with Crippen molar-refractivity contribution in [1.82, 2.24) is 4.98 Å². The maximum absolute atomic E-state index is 5.52. The van der Waals surface area contributed by atoms with Gasteiger partial charge < -0.3 is 15.4 Å². The van der Waals surface area contributed by atoms with E-state index in [4.69, 9.17) is 10.5 Å². The van der Waals surface area contributed by atoms with Crippen LogP contribution >= 0.6 is 0 Å². The maximum Gasteiger partial charge on any atom is 0.128 e. The minimum Gasteiger partial charge on any atom is -0.379 e. The molecule has 0 aromatic carbocycles. The van der Waals surface area contributed by atoms with E-state index in [1.165, 1.54) is 0 Å². The number of hydrogen-bond donors (Lipinski definition) is 1. The zero-order valence-electron chi connectivity index (χ0n) is 9.02. The summed E-state index contributed by atoms with van der Waals surface area (Å²) < 4.78 is 5.36. The summed E-state index contributed by atoms with van der Waals surface area (Å²) in [7, 11) is 2.06. The average molecular weight is 207 g/mol. The van der Waals surface area contributed by atoms with E-state index in [1.54, 1.807) is 0 Å². The molecular weight excluding hydrogens is 190 g/mol. The first kappa shape index (κ1) is 10.4. The number of rotatable bonds is 3. The second-order valence-electron chi connectivity index (χ2n) is 3.86. The molecule has 0 aliphatic carbocycles. The second-order valence-corrected chi connectivity index (χ2v) is 3.86. The van der Waals surface area contributed by atoms with E-state index in [9.17, 15) is 0 Å². The molecule has 1 aromatic heterocycles. The van der Waals surface area contributed by atoms with E-state index < -0.39 is 0 Å². The average Bonchev–Trinajstić information content (AvgIpc) is 2.82. The molecule has 15 heavy (non-hydrogen) atoms. The van der Waals surface area contributed by atoms with Crippen LogP contribution < -0.4 is 10.6 Å².